The molecule has 0 radical (unpaired) electrons. The lowest BCUT2D eigenvalue weighted by Crippen LogP contribution is -2.28. The average molecular weight is 468 g/mol. The Hall–Kier alpha value is -3.45. The Bertz CT molecular complexity index is 1160. The van der Waals surface area contributed by atoms with Crippen molar-refractivity contribution in [2.45, 2.75) is 46.1 Å². The first-order valence-electron chi connectivity index (χ1n) is 10.5. The first-order valence-corrected chi connectivity index (χ1v) is 10.9. The highest BCUT2D eigenvalue weighted by atomic mass is 35.5. The number of halogens is 1. The number of amides is 1. The molecule has 33 heavy (non-hydrogen) atoms. The number of benzene rings is 2. The Morgan fingerprint density at radius 2 is 1.73 bits per heavy atom. The van der Waals surface area contributed by atoms with E-state index in [1.165, 1.54) is 4.68 Å². The number of rotatable bonds is 7. The van der Waals surface area contributed by atoms with Crippen molar-refractivity contribution < 1.29 is 19.1 Å². The molecule has 2 aromatic carbocycles. The van der Waals surface area contributed by atoms with E-state index in [2.05, 4.69) is 10.4 Å². The van der Waals surface area contributed by atoms with Crippen LogP contribution in [0.5, 0.6) is 0 Å². The lowest BCUT2D eigenvalue weighted by molar-refractivity contribution is -0.107. The number of anilines is 1. The Morgan fingerprint density at radius 1 is 1.09 bits per heavy atom. The molecule has 3 rings (SSSR count). The average Bonchev–Trinajstić information content (AvgIpc) is 3.09. The van der Waals surface area contributed by atoms with Crippen LogP contribution in [0.1, 0.15) is 54.4 Å². The molecule has 1 N–H and O–H groups in total. The maximum atomic E-state index is 13.4. The highest BCUT2D eigenvalue weighted by Gasteiger charge is 2.27. The highest BCUT2D eigenvalue weighted by Crippen LogP contribution is 2.28. The van der Waals surface area contributed by atoms with Gasteiger partial charge in [0, 0.05) is 22.6 Å². The lowest BCUT2D eigenvalue weighted by atomic mass is 10.0. The van der Waals surface area contributed by atoms with Gasteiger partial charge in [0.2, 0.25) is 5.78 Å². The van der Waals surface area contributed by atoms with Crippen LogP contribution < -0.4 is 5.32 Å². The summed E-state index contributed by atoms with van der Waals surface area (Å²) in [6.45, 7) is 7.19. The molecule has 0 aliphatic rings. The number of hydrogen-bond donors (Lipinski definition) is 1. The van der Waals surface area contributed by atoms with Gasteiger partial charge < -0.3 is 9.53 Å². The van der Waals surface area contributed by atoms with E-state index in [1.54, 1.807) is 57.2 Å². The summed E-state index contributed by atoms with van der Waals surface area (Å²) < 4.78 is 6.87. The molecule has 1 amide bonds. The lowest BCUT2D eigenvalue weighted by Gasteiger charge is -2.20. The number of ether oxygens (including phenoxy) is 1. The first kappa shape index (κ1) is 24.2. The van der Waals surface area contributed by atoms with Gasteiger partial charge in [-0.2, -0.15) is 5.10 Å². The van der Waals surface area contributed by atoms with Gasteiger partial charge in [0.25, 0.3) is 0 Å². The number of aldehydes is 1. The normalized spacial score (nSPS) is 11.2. The third-order valence-electron chi connectivity index (χ3n) is 4.72. The summed E-state index contributed by atoms with van der Waals surface area (Å²) in [5, 5.41) is 7.81. The van der Waals surface area contributed by atoms with Crippen LogP contribution in [0.15, 0.2) is 48.5 Å². The van der Waals surface area contributed by atoms with Crippen molar-refractivity contribution in [1.29, 1.82) is 0 Å². The Morgan fingerprint density at radius 3 is 2.30 bits per heavy atom. The number of ketones is 1. The molecular weight excluding hydrogens is 442 g/mol. The van der Waals surface area contributed by atoms with Gasteiger partial charge in [-0.15, -0.1) is 0 Å². The van der Waals surface area contributed by atoms with Gasteiger partial charge in [-0.3, -0.25) is 10.1 Å². The predicted octanol–water partition coefficient (Wildman–Crippen LogP) is 5.54. The predicted molar refractivity (Wildman–Crippen MR) is 127 cm³/mol. The minimum Gasteiger partial charge on any atom is -0.444 e. The standard InChI is InChI=1S/C25H26ClN3O4/c1-16-7-9-17(10-8-16)22(31)21-20(6-5-15-30)23(27-24(32)33-25(2,3)4)29(28-21)19-13-11-18(26)12-14-19/h7-15H,5-6H2,1-4H3,(H,27,32). The molecule has 0 aliphatic carbocycles. The second-order valence-electron chi connectivity index (χ2n) is 8.59. The Balaban J connectivity index is 2.16. The summed E-state index contributed by atoms with van der Waals surface area (Å²) in [5.41, 5.74) is 1.94. The van der Waals surface area contributed by atoms with Crippen molar-refractivity contribution in [3.05, 3.63) is 75.9 Å². The highest BCUT2D eigenvalue weighted by molar-refractivity contribution is 6.30. The zero-order valence-electron chi connectivity index (χ0n) is 19.0. The SMILES string of the molecule is Cc1ccc(C(=O)c2nn(-c3ccc(Cl)cc3)c(NC(=O)OC(C)(C)C)c2CCC=O)cc1. The fraction of sp³-hybridized carbons (Fsp3) is 0.280. The van der Waals surface area contributed by atoms with Crippen molar-refractivity contribution in [3.8, 4) is 5.69 Å². The molecule has 0 saturated carbocycles. The van der Waals surface area contributed by atoms with Gasteiger partial charge in [0.15, 0.2) is 0 Å². The van der Waals surface area contributed by atoms with Gasteiger partial charge in [-0.1, -0.05) is 41.4 Å². The molecule has 0 spiro atoms. The second kappa shape index (κ2) is 10.0. The number of nitrogens with zero attached hydrogens (tertiary/aromatic N) is 2. The molecule has 7 nitrogen and oxygen atoms in total. The summed E-state index contributed by atoms with van der Waals surface area (Å²) in [7, 11) is 0. The molecule has 0 fully saturated rings. The van der Waals surface area contributed by atoms with E-state index in [-0.39, 0.29) is 30.1 Å². The number of nitrogens with one attached hydrogen (secondary N) is 1. The summed E-state index contributed by atoms with van der Waals surface area (Å²) in [6, 6.07) is 13.9. The second-order valence-corrected chi connectivity index (χ2v) is 9.03. The molecule has 1 heterocycles. The third-order valence-corrected chi connectivity index (χ3v) is 4.97. The molecule has 0 aliphatic heterocycles. The number of carbonyl (C=O) groups excluding carboxylic acids is 3. The minimum atomic E-state index is -0.723. The van der Waals surface area contributed by atoms with Crippen LogP contribution in [0.25, 0.3) is 5.69 Å². The largest absolute Gasteiger partial charge is 0.444 e. The molecule has 1 aromatic heterocycles. The van der Waals surface area contributed by atoms with Crippen molar-refractivity contribution in [2.24, 2.45) is 0 Å². The van der Waals surface area contributed by atoms with Gasteiger partial charge in [-0.25, -0.2) is 9.48 Å². The van der Waals surface area contributed by atoms with Gasteiger partial charge in [-0.05, 0) is 58.4 Å². The maximum Gasteiger partial charge on any atom is 0.413 e. The maximum absolute atomic E-state index is 13.4. The molecule has 0 atom stereocenters. The third kappa shape index (κ3) is 6.08. The van der Waals surface area contributed by atoms with Crippen LogP contribution in [0.3, 0.4) is 0 Å². The van der Waals surface area contributed by atoms with Crippen molar-refractivity contribution in [1.82, 2.24) is 9.78 Å². The molecular formula is C25H26ClN3O4. The Labute approximate surface area is 197 Å². The zero-order chi connectivity index (χ0) is 24.2. The summed E-state index contributed by atoms with van der Waals surface area (Å²) in [4.78, 5) is 37.2. The van der Waals surface area contributed by atoms with E-state index in [0.29, 0.717) is 21.8 Å². The topological polar surface area (TPSA) is 90.3 Å². The minimum absolute atomic E-state index is 0.154. The van der Waals surface area contributed by atoms with Gasteiger partial charge >= 0.3 is 6.09 Å². The number of aryl methyl sites for hydroxylation is 1. The van der Waals surface area contributed by atoms with Gasteiger partial charge in [0.05, 0.1) is 5.69 Å². The van der Waals surface area contributed by atoms with E-state index < -0.39 is 11.7 Å². The van der Waals surface area contributed by atoms with E-state index in [1.807, 2.05) is 19.1 Å². The van der Waals surface area contributed by atoms with E-state index >= 15 is 0 Å². The van der Waals surface area contributed by atoms with E-state index in [0.717, 1.165) is 11.8 Å². The van der Waals surface area contributed by atoms with Crippen LogP contribution in [-0.4, -0.2) is 33.5 Å². The number of hydrogen-bond acceptors (Lipinski definition) is 5. The van der Waals surface area contributed by atoms with Crippen LogP contribution in [0.2, 0.25) is 5.02 Å². The summed E-state index contributed by atoms with van der Waals surface area (Å²) in [6.07, 6.45) is 0.439. The van der Waals surface area contributed by atoms with Crippen LogP contribution in [0.4, 0.5) is 10.6 Å². The first-order chi connectivity index (χ1) is 15.6. The fourth-order valence-corrected chi connectivity index (χ4v) is 3.34. The summed E-state index contributed by atoms with van der Waals surface area (Å²) in [5.74, 6) is -0.0419. The van der Waals surface area contributed by atoms with E-state index in [4.69, 9.17) is 16.3 Å². The molecule has 0 saturated heterocycles. The van der Waals surface area contributed by atoms with Crippen LogP contribution in [0, 0.1) is 6.92 Å². The number of carbonyl (C=O) groups is 3. The zero-order valence-corrected chi connectivity index (χ0v) is 19.8. The smallest absolute Gasteiger partial charge is 0.413 e. The monoisotopic (exact) mass is 467 g/mol. The molecule has 172 valence electrons. The number of aromatic nitrogens is 2. The molecule has 0 unspecified atom stereocenters. The van der Waals surface area contributed by atoms with E-state index in [9.17, 15) is 14.4 Å². The van der Waals surface area contributed by atoms with Crippen molar-refractivity contribution in [2.75, 3.05) is 5.32 Å². The van der Waals surface area contributed by atoms with Crippen molar-refractivity contribution in [3.63, 3.8) is 0 Å². The fourth-order valence-electron chi connectivity index (χ4n) is 3.21. The van der Waals surface area contributed by atoms with Crippen LogP contribution >= 0.6 is 11.6 Å². The molecule has 0 bridgehead atoms. The van der Waals surface area contributed by atoms with Crippen LogP contribution in [-0.2, 0) is 16.0 Å². The van der Waals surface area contributed by atoms with Crippen molar-refractivity contribution >= 4 is 35.6 Å². The van der Waals surface area contributed by atoms with Gasteiger partial charge in [0.1, 0.15) is 23.4 Å². The Kier molecular flexibility index (Phi) is 7.33. The molecule has 3 aromatic rings. The summed E-state index contributed by atoms with van der Waals surface area (Å²) >= 11 is 6.03. The quantitative estimate of drug-likeness (QED) is 0.363. The molecule has 8 heteroatoms.